The van der Waals surface area contributed by atoms with Crippen LogP contribution in [0.2, 0.25) is 0 Å². The Hall–Kier alpha value is -2.36. The zero-order valence-corrected chi connectivity index (χ0v) is 10.7. The Labute approximate surface area is 112 Å². The van der Waals surface area contributed by atoms with E-state index in [9.17, 15) is 9.59 Å². The van der Waals surface area contributed by atoms with Crippen molar-refractivity contribution < 1.29 is 19.4 Å². The van der Waals surface area contributed by atoms with Crippen molar-refractivity contribution >= 4 is 18.0 Å². The number of allylic oxidation sites excluding steroid dienone is 2. The summed E-state index contributed by atoms with van der Waals surface area (Å²) >= 11 is 0. The van der Waals surface area contributed by atoms with Gasteiger partial charge in [-0.3, -0.25) is 9.59 Å². The van der Waals surface area contributed by atoms with E-state index in [1.165, 1.54) is 13.2 Å². The summed E-state index contributed by atoms with van der Waals surface area (Å²) < 4.78 is 4.51. The van der Waals surface area contributed by atoms with Crippen molar-refractivity contribution in [3.63, 3.8) is 0 Å². The van der Waals surface area contributed by atoms with Crippen LogP contribution in [-0.2, 0) is 14.3 Å². The Bertz CT molecular complexity index is 476. The van der Waals surface area contributed by atoms with E-state index < -0.39 is 23.8 Å². The van der Waals surface area contributed by atoms with Gasteiger partial charge in [0.15, 0.2) is 5.92 Å². The first-order valence-corrected chi connectivity index (χ1v) is 5.76. The number of carboxylic acids is 1. The van der Waals surface area contributed by atoms with Crippen molar-refractivity contribution in [3.8, 4) is 0 Å². The van der Waals surface area contributed by atoms with Gasteiger partial charge in [0.2, 0.25) is 0 Å². The topological polar surface area (TPSA) is 63.6 Å². The first-order valence-electron chi connectivity index (χ1n) is 5.76. The lowest BCUT2D eigenvalue weighted by molar-refractivity contribution is -0.157. The van der Waals surface area contributed by atoms with E-state index in [0.717, 1.165) is 5.56 Å². The van der Waals surface area contributed by atoms with Gasteiger partial charge < -0.3 is 9.84 Å². The molecular formula is C15H16O4. The summed E-state index contributed by atoms with van der Waals surface area (Å²) in [6, 6.07) is 9.39. The Morgan fingerprint density at radius 3 is 2.42 bits per heavy atom. The Kier molecular flexibility index (Phi) is 5.54. The standard InChI is InChI=1S/C15H16O4/c1-3-12(13(14(16)17)15(18)19-2)10-9-11-7-5-4-6-8-11/h3-10,12-13H,1H2,2H3,(H,16,17)/b10-9+. The zero-order valence-electron chi connectivity index (χ0n) is 10.7. The molecule has 0 aliphatic carbocycles. The first-order chi connectivity index (χ1) is 9.10. The summed E-state index contributed by atoms with van der Waals surface area (Å²) in [5, 5.41) is 9.09. The van der Waals surface area contributed by atoms with E-state index in [4.69, 9.17) is 5.11 Å². The van der Waals surface area contributed by atoms with Crippen LogP contribution in [0.3, 0.4) is 0 Å². The number of carbonyl (C=O) groups excluding carboxylic acids is 1. The van der Waals surface area contributed by atoms with Crippen LogP contribution in [0.4, 0.5) is 0 Å². The van der Waals surface area contributed by atoms with E-state index in [1.54, 1.807) is 12.2 Å². The molecule has 0 aliphatic rings. The van der Waals surface area contributed by atoms with Crippen molar-refractivity contribution in [1.82, 2.24) is 0 Å². The Balaban J connectivity index is 2.93. The van der Waals surface area contributed by atoms with E-state index in [-0.39, 0.29) is 0 Å². The van der Waals surface area contributed by atoms with Gasteiger partial charge in [0.1, 0.15) is 0 Å². The monoisotopic (exact) mass is 260 g/mol. The highest BCUT2D eigenvalue weighted by molar-refractivity contribution is 5.94. The smallest absolute Gasteiger partial charge is 0.320 e. The summed E-state index contributed by atoms with van der Waals surface area (Å²) in [6.45, 7) is 3.57. The fourth-order valence-corrected chi connectivity index (χ4v) is 1.66. The number of hydrogen-bond acceptors (Lipinski definition) is 3. The number of ether oxygens (including phenoxy) is 1. The van der Waals surface area contributed by atoms with Crippen LogP contribution in [0, 0.1) is 11.8 Å². The lowest BCUT2D eigenvalue weighted by Gasteiger charge is -2.15. The predicted molar refractivity (Wildman–Crippen MR) is 72.3 cm³/mol. The highest BCUT2D eigenvalue weighted by Crippen LogP contribution is 2.18. The molecule has 0 radical (unpaired) electrons. The number of rotatable bonds is 6. The van der Waals surface area contributed by atoms with Crippen LogP contribution in [-0.4, -0.2) is 24.2 Å². The number of aliphatic carboxylic acids is 1. The van der Waals surface area contributed by atoms with Crippen LogP contribution in [0.25, 0.3) is 6.08 Å². The molecule has 2 atom stereocenters. The third kappa shape index (κ3) is 4.10. The summed E-state index contributed by atoms with van der Waals surface area (Å²) in [4.78, 5) is 22.6. The molecule has 4 nitrogen and oxygen atoms in total. The van der Waals surface area contributed by atoms with Gasteiger partial charge in [-0.2, -0.15) is 0 Å². The molecule has 4 heteroatoms. The molecule has 0 amide bonds. The van der Waals surface area contributed by atoms with Gasteiger partial charge >= 0.3 is 11.9 Å². The molecule has 1 rings (SSSR count). The van der Waals surface area contributed by atoms with Crippen LogP contribution in [0.15, 0.2) is 49.1 Å². The molecule has 1 aromatic rings. The molecule has 0 saturated heterocycles. The number of carbonyl (C=O) groups is 2. The SMILES string of the molecule is C=CC(/C=C/c1ccccc1)C(C(=O)O)C(=O)OC. The molecule has 0 aliphatic heterocycles. The molecule has 1 aromatic carbocycles. The molecule has 0 aromatic heterocycles. The third-order valence-corrected chi connectivity index (χ3v) is 2.69. The van der Waals surface area contributed by atoms with Crippen molar-refractivity contribution in [2.75, 3.05) is 7.11 Å². The maximum Gasteiger partial charge on any atom is 0.320 e. The van der Waals surface area contributed by atoms with Gasteiger partial charge in [-0.25, -0.2) is 0 Å². The van der Waals surface area contributed by atoms with E-state index >= 15 is 0 Å². The fourth-order valence-electron chi connectivity index (χ4n) is 1.66. The van der Waals surface area contributed by atoms with Crippen LogP contribution in [0.1, 0.15) is 5.56 Å². The number of methoxy groups -OCH3 is 1. The maximum atomic E-state index is 11.5. The minimum atomic E-state index is -1.28. The number of hydrogen-bond donors (Lipinski definition) is 1. The minimum absolute atomic E-state index is 0.620. The van der Waals surface area contributed by atoms with Crippen molar-refractivity contribution in [2.45, 2.75) is 0 Å². The van der Waals surface area contributed by atoms with E-state index in [0.29, 0.717) is 0 Å². The van der Waals surface area contributed by atoms with Gasteiger partial charge in [0.25, 0.3) is 0 Å². The summed E-state index contributed by atoms with van der Waals surface area (Å²) in [7, 11) is 1.17. The summed E-state index contributed by atoms with van der Waals surface area (Å²) in [6.07, 6.45) is 4.82. The molecular weight excluding hydrogens is 244 g/mol. The van der Waals surface area contributed by atoms with Crippen molar-refractivity contribution in [2.24, 2.45) is 11.8 Å². The van der Waals surface area contributed by atoms with Crippen molar-refractivity contribution in [3.05, 3.63) is 54.6 Å². The molecule has 2 unspecified atom stereocenters. The quantitative estimate of drug-likeness (QED) is 0.484. The van der Waals surface area contributed by atoms with E-state index in [2.05, 4.69) is 11.3 Å². The molecule has 0 bridgehead atoms. The maximum absolute atomic E-state index is 11.5. The molecule has 0 fully saturated rings. The molecule has 100 valence electrons. The second-order valence-corrected chi connectivity index (χ2v) is 3.92. The highest BCUT2D eigenvalue weighted by atomic mass is 16.5. The number of carboxylic acid groups (broad SMARTS) is 1. The molecule has 0 saturated carbocycles. The normalized spacial score (nSPS) is 13.7. The van der Waals surface area contributed by atoms with Crippen molar-refractivity contribution in [1.29, 1.82) is 0 Å². The number of esters is 1. The second-order valence-electron chi connectivity index (χ2n) is 3.92. The van der Waals surface area contributed by atoms with Crippen LogP contribution < -0.4 is 0 Å². The predicted octanol–water partition coefficient (Wildman–Crippen LogP) is 2.38. The Morgan fingerprint density at radius 1 is 1.32 bits per heavy atom. The third-order valence-electron chi connectivity index (χ3n) is 2.69. The lowest BCUT2D eigenvalue weighted by atomic mass is 9.91. The van der Waals surface area contributed by atoms with Crippen LogP contribution in [0.5, 0.6) is 0 Å². The largest absolute Gasteiger partial charge is 0.481 e. The molecule has 1 N–H and O–H groups in total. The minimum Gasteiger partial charge on any atom is -0.481 e. The van der Waals surface area contributed by atoms with E-state index in [1.807, 2.05) is 30.3 Å². The average Bonchev–Trinajstić information content (AvgIpc) is 2.43. The van der Waals surface area contributed by atoms with Gasteiger partial charge in [-0.15, -0.1) is 6.58 Å². The summed E-state index contributed by atoms with van der Waals surface area (Å²) in [5.41, 5.74) is 0.920. The average molecular weight is 260 g/mol. The zero-order chi connectivity index (χ0) is 14.3. The Morgan fingerprint density at radius 2 is 1.95 bits per heavy atom. The summed E-state index contributed by atoms with van der Waals surface area (Å²) in [5.74, 6) is -3.91. The van der Waals surface area contributed by atoms with Gasteiger partial charge in [0.05, 0.1) is 7.11 Å². The van der Waals surface area contributed by atoms with Gasteiger partial charge in [-0.05, 0) is 5.56 Å². The molecule has 19 heavy (non-hydrogen) atoms. The first kappa shape index (κ1) is 14.7. The lowest BCUT2D eigenvalue weighted by Crippen LogP contribution is -2.30. The fraction of sp³-hybridized carbons (Fsp3) is 0.200. The molecule has 0 heterocycles. The molecule has 0 spiro atoms. The van der Waals surface area contributed by atoms with Crippen LogP contribution >= 0.6 is 0 Å². The number of benzene rings is 1. The van der Waals surface area contributed by atoms with Gasteiger partial charge in [-0.1, -0.05) is 48.6 Å². The second kappa shape index (κ2) is 7.16. The van der Waals surface area contributed by atoms with Gasteiger partial charge in [0, 0.05) is 5.92 Å². The highest BCUT2D eigenvalue weighted by Gasteiger charge is 2.32.